The maximum absolute atomic E-state index is 6.07. The lowest BCUT2D eigenvalue weighted by Crippen LogP contribution is -2.24. The summed E-state index contributed by atoms with van der Waals surface area (Å²) in [4.78, 5) is 4.20. The Morgan fingerprint density at radius 1 is 1.39 bits per heavy atom. The number of fused-ring (bicyclic) bond motifs is 1. The Morgan fingerprint density at radius 3 is 3.00 bits per heavy atom. The zero-order valence-corrected chi connectivity index (χ0v) is 10.6. The molecule has 1 atom stereocenters. The summed E-state index contributed by atoms with van der Waals surface area (Å²) in [7, 11) is 0. The molecule has 1 aromatic heterocycles. The maximum Gasteiger partial charge on any atom is 0.144 e. The van der Waals surface area contributed by atoms with Gasteiger partial charge in [-0.1, -0.05) is 35.9 Å². The Kier molecular flexibility index (Phi) is 2.84. The molecule has 0 saturated heterocycles. The van der Waals surface area contributed by atoms with E-state index in [0.29, 0.717) is 22.4 Å². The van der Waals surface area contributed by atoms with Crippen molar-refractivity contribution in [1.82, 2.24) is 4.98 Å². The van der Waals surface area contributed by atoms with Gasteiger partial charge in [0.1, 0.15) is 5.82 Å². The average Bonchev–Trinajstić information content (AvgIpc) is 2.33. The van der Waals surface area contributed by atoms with Crippen LogP contribution < -0.4 is 11.1 Å². The van der Waals surface area contributed by atoms with Crippen molar-refractivity contribution in [2.75, 3.05) is 17.6 Å². The molecular formula is C14H14ClN3. The predicted octanol–water partition coefficient (Wildman–Crippen LogP) is 3.07. The Labute approximate surface area is 111 Å². The lowest BCUT2D eigenvalue weighted by Gasteiger charge is -2.30. The van der Waals surface area contributed by atoms with Gasteiger partial charge in [-0.15, -0.1) is 0 Å². The predicted molar refractivity (Wildman–Crippen MR) is 75.0 cm³/mol. The van der Waals surface area contributed by atoms with Crippen LogP contribution in [0.4, 0.5) is 11.5 Å². The molecule has 92 valence electrons. The number of halogens is 1. The normalized spacial score (nSPS) is 16.8. The topological polar surface area (TPSA) is 50.9 Å². The van der Waals surface area contributed by atoms with Crippen LogP contribution in [-0.4, -0.2) is 11.5 Å². The fourth-order valence-electron chi connectivity index (χ4n) is 2.35. The van der Waals surface area contributed by atoms with Gasteiger partial charge >= 0.3 is 0 Å². The minimum Gasteiger partial charge on any atom is -0.397 e. The highest BCUT2D eigenvalue weighted by atomic mass is 35.5. The van der Waals surface area contributed by atoms with Crippen LogP contribution in [-0.2, 0) is 6.42 Å². The van der Waals surface area contributed by atoms with Crippen molar-refractivity contribution >= 4 is 23.1 Å². The van der Waals surface area contributed by atoms with Gasteiger partial charge in [-0.25, -0.2) is 4.98 Å². The number of benzene rings is 1. The molecule has 0 amide bonds. The lowest BCUT2D eigenvalue weighted by molar-refractivity contribution is 0.634. The van der Waals surface area contributed by atoms with Gasteiger partial charge in [0.15, 0.2) is 0 Å². The Balaban J connectivity index is 1.66. The second kappa shape index (κ2) is 4.50. The van der Waals surface area contributed by atoms with Gasteiger partial charge in [-0.3, -0.25) is 0 Å². The number of nitrogens with zero attached hydrogens (tertiary/aromatic N) is 1. The fourth-order valence-corrected chi connectivity index (χ4v) is 2.59. The Bertz CT molecular complexity index is 583. The van der Waals surface area contributed by atoms with E-state index in [1.165, 1.54) is 11.1 Å². The Morgan fingerprint density at radius 2 is 2.22 bits per heavy atom. The third-order valence-corrected chi connectivity index (χ3v) is 3.63. The monoisotopic (exact) mass is 259 g/mol. The first-order chi connectivity index (χ1) is 8.74. The second-order valence-electron chi connectivity index (χ2n) is 4.58. The molecule has 1 aromatic carbocycles. The molecule has 3 rings (SSSR count). The molecule has 18 heavy (non-hydrogen) atoms. The molecule has 0 aliphatic heterocycles. The van der Waals surface area contributed by atoms with E-state index in [9.17, 15) is 0 Å². The first-order valence-corrected chi connectivity index (χ1v) is 6.34. The van der Waals surface area contributed by atoms with Gasteiger partial charge in [-0.2, -0.15) is 0 Å². The van der Waals surface area contributed by atoms with Crippen LogP contribution in [0.2, 0.25) is 5.02 Å². The second-order valence-corrected chi connectivity index (χ2v) is 4.99. The highest BCUT2D eigenvalue weighted by Gasteiger charge is 2.25. The van der Waals surface area contributed by atoms with Gasteiger partial charge in [0.2, 0.25) is 0 Å². The fraction of sp³-hybridized carbons (Fsp3) is 0.214. The van der Waals surface area contributed by atoms with Gasteiger partial charge in [0.25, 0.3) is 0 Å². The summed E-state index contributed by atoms with van der Waals surface area (Å²) in [6.07, 6.45) is 2.73. The average molecular weight is 260 g/mol. The molecule has 0 radical (unpaired) electrons. The summed E-state index contributed by atoms with van der Waals surface area (Å²) in [5.41, 5.74) is 9.06. The number of hydrogen-bond donors (Lipinski definition) is 2. The molecule has 0 fully saturated rings. The van der Waals surface area contributed by atoms with Gasteiger partial charge in [0, 0.05) is 12.5 Å². The van der Waals surface area contributed by atoms with E-state index in [1.807, 2.05) is 0 Å². The molecule has 1 aliphatic carbocycles. The SMILES string of the molecule is Nc1cnc(NCC2Cc3ccccc32)c(Cl)c1. The van der Waals surface area contributed by atoms with Crippen LogP contribution in [0.15, 0.2) is 36.5 Å². The van der Waals surface area contributed by atoms with Crippen LogP contribution in [0.5, 0.6) is 0 Å². The van der Waals surface area contributed by atoms with Crippen LogP contribution in [0.3, 0.4) is 0 Å². The van der Waals surface area contributed by atoms with Crippen LogP contribution >= 0.6 is 11.6 Å². The summed E-state index contributed by atoms with van der Waals surface area (Å²) in [6.45, 7) is 0.855. The molecule has 2 aromatic rings. The highest BCUT2D eigenvalue weighted by Crippen LogP contribution is 2.35. The van der Waals surface area contributed by atoms with E-state index in [0.717, 1.165) is 13.0 Å². The smallest absolute Gasteiger partial charge is 0.144 e. The number of aromatic nitrogens is 1. The van der Waals surface area contributed by atoms with Crippen molar-refractivity contribution in [1.29, 1.82) is 0 Å². The van der Waals surface area contributed by atoms with Crippen LogP contribution in [0.25, 0.3) is 0 Å². The third kappa shape index (κ3) is 2.02. The minimum absolute atomic E-state index is 0.552. The van der Waals surface area contributed by atoms with Crippen molar-refractivity contribution in [3.63, 3.8) is 0 Å². The summed E-state index contributed by atoms with van der Waals surface area (Å²) in [5, 5.41) is 3.86. The van der Waals surface area contributed by atoms with E-state index >= 15 is 0 Å². The standard InChI is InChI=1S/C14H14ClN3/c15-13-6-11(16)8-18-14(13)17-7-10-5-9-3-1-2-4-12(9)10/h1-4,6,8,10H,5,7,16H2,(H,17,18). The maximum atomic E-state index is 6.07. The highest BCUT2D eigenvalue weighted by molar-refractivity contribution is 6.33. The molecule has 0 spiro atoms. The first-order valence-electron chi connectivity index (χ1n) is 5.97. The molecule has 1 heterocycles. The van der Waals surface area contributed by atoms with Crippen LogP contribution in [0, 0.1) is 0 Å². The number of hydrogen-bond acceptors (Lipinski definition) is 3. The number of nitrogens with two attached hydrogens (primary N) is 1. The van der Waals surface area contributed by atoms with Crippen molar-refractivity contribution in [2.24, 2.45) is 0 Å². The number of nitrogens with one attached hydrogen (secondary N) is 1. The number of nitrogen functional groups attached to an aromatic ring is 1. The van der Waals surface area contributed by atoms with E-state index in [1.54, 1.807) is 12.3 Å². The van der Waals surface area contributed by atoms with Crippen molar-refractivity contribution in [3.05, 3.63) is 52.7 Å². The minimum atomic E-state index is 0.552. The number of pyridine rings is 1. The number of anilines is 2. The lowest BCUT2D eigenvalue weighted by atomic mass is 9.77. The largest absolute Gasteiger partial charge is 0.397 e. The third-order valence-electron chi connectivity index (χ3n) is 3.34. The molecule has 4 heteroatoms. The van der Waals surface area contributed by atoms with Crippen LogP contribution in [0.1, 0.15) is 17.0 Å². The molecule has 1 unspecified atom stereocenters. The van der Waals surface area contributed by atoms with Crippen molar-refractivity contribution in [3.8, 4) is 0 Å². The van der Waals surface area contributed by atoms with E-state index in [4.69, 9.17) is 17.3 Å². The van der Waals surface area contributed by atoms with Gasteiger partial charge in [0.05, 0.1) is 16.9 Å². The number of rotatable bonds is 3. The van der Waals surface area contributed by atoms with E-state index < -0.39 is 0 Å². The molecule has 1 aliphatic rings. The zero-order chi connectivity index (χ0) is 12.5. The molecule has 3 nitrogen and oxygen atoms in total. The summed E-state index contributed by atoms with van der Waals surface area (Å²) >= 11 is 6.07. The summed E-state index contributed by atoms with van der Waals surface area (Å²) in [5.74, 6) is 1.26. The van der Waals surface area contributed by atoms with Crippen molar-refractivity contribution < 1.29 is 0 Å². The van der Waals surface area contributed by atoms with Gasteiger partial charge in [-0.05, 0) is 23.6 Å². The molecule has 0 saturated carbocycles. The molecular weight excluding hydrogens is 246 g/mol. The van der Waals surface area contributed by atoms with Gasteiger partial charge < -0.3 is 11.1 Å². The zero-order valence-electron chi connectivity index (χ0n) is 9.86. The van der Waals surface area contributed by atoms with E-state index in [2.05, 4.69) is 34.6 Å². The quantitative estimate of drug-likeness (QED) is 0.891. The first kappa shape index (κ1) is 11.4. The molecule has 3 N–H and O–H groups in total. The summed E-state index contributed by atoms with van der Waals surface area (Å²) in [6, 6.07) is 10.2. The van der Waals surface area contributed by atoms with E-state index in [-0.39, 0.29) is 0 Å². The van der Waals surface area contributed by atoms with Crippen molar-refractivity contribution in [2.45, 2.75) is 12.3 Å². The molecule has 0 bridgehead atoms. The summed E-state index contributed by atoms with van der Waals surface area (Å²) < 4.78 is 0. The Hall–Kier alpha value is -1.74.